The van der Waals surface area contributed by atoms with Crippen LogP contribution in [-0.2, 0) is 10.8 Å². The van der Waals surface area contributed by atoms with Crippen LogP contribution in [0.5, 0.6) is 17.2 Å². The number of phenols is 1. The number of fused-ring (bicyclic) bond motifs is 1. The van der Waals surface area contributed by atoms with Gasteiger partial charge < -0.3 is 19.9 Å². The van der Waals surface area contributed by atoms with Crippen molar-refractivity contribution in [2.45, 2.75) is 52.4 Å². The molecule has 0 aliphatic rings. The second kappa shape index (κ2) is 10.0. The zero-order chi connectivity index (χ0) is 27.8. The standard InChI is InChI=1S/C32H36N2O4/c1-31(2,3)22-17-23(32(4,5)6)27(35)18-26(22)34-30(36)21-16-25(33-24-12-10-9-11-20(21)24)19-13-14-28(37-7)29(15-19)38-8/h9-18,35H,1-8H3,(H,34,36). The molecule has 1 aromatic heterocycles. The SMILES string of the molecule is COc1ccc(-c2cc(C(=O)Nc3cc(O)c(C(C)(C)C)cc3C(C)(C)C)c3ccccc3n2)cc1OC. The van der Waals surface area contributed by atoms with E-state index >= 15 is 0 Å². The average molecular weight is 513 g/mol. The minimum Gasteiger partial charge on any atom is -0.508 e. The van der Waals surface area contributed by atoms with Crippen molar-refractivity contribution in [3.63, 3.8) is 0 Å². The summed E-state index contributed by atoms with van der Waals surface area (Å²) in [6, 6.07) is 18.6. The van der Waals surface area contributed by atoms with Gasteiger partial charge in [0.2, 0.25) is 0 Å². The number of ether oxygens (including phenoxy) is 2. The summed E-state index contributed by atoms with van der Waals surface area (Å²) < 4.78 is 10.8. The van der Waals surface area contributed by atoms with Gasteiger partial charge in [-0.2, -0.15) is 0 Å². The molecule has 0 unspecified atom stereocenters. The number of hydrogen-bond acceptors (Lipinski definition) is 5. The van der Waals surface area contributed by atoms with E-state index in [1.54, 1.807) is 26.4 Å². The van der Waals surface area contributed by atoms with Crippen LogP contribution in [0.15, 0.2) is 60.7 Å². The summed E-state index contributed by atoms with van der Waals surface area (Å²) in [5, 5.41) is 14.7. The first kappa shape index (κ1) is 27.0. The molecule has 4 rings (SSSR count). The number of methoxy groups -OCH3 is 2. The fourth-order valence-corrected chi connectivity index (χ4v) is 4.61. The van der Waals surface area contributed by atoms with E-state index in [1.807, 2.05) is 48.5 Å². The lowest BCUT2D eigenvalue weighted by molar-refractivity contribution is 0.102. The smallest absolute Gasteiger partial charge is 0.256 e. The fraction of sp³-hybridized carbons (Fsp3) is 0.312. The summed E-state index contributed by atoms with van der Waals surface area (Å²) in [5.74, 6) is 1.07. The molecule has 6 heteroatoms. The van der Waals surface area contributed by atoms with Crippen LogP contribution in [0.3, 0.4) is 0 Å². The Hall–Kier alpha value is -4.06. The lowest BCUT2D eigenvalue weighted by Crippen LogP contribution is -2.21. The number of carbonyl (C=O) groups excluding carboxylic acids is 1. The zero-order valence-electron chi connectivity index (χ0n) is 23.4. The number of nitrogens with one attached hydrogen (secondary N) is 1. The summed E-state index contributed by atoms with van der Waals surface area (Å²) >= 11 is 0. The average Bonchev–Trinajstić information content (AvgIpc) is 2.86. The highest BCUT2D eigenvalue weighted by Crippen LogP contribution is 2.40. The summed E-state index contributed by atoms with van der Waals surface area (Å²) in [4.78, 5) is 18.7. The molecule has 0 aliphatic carbocycles. The first-order valence-corrected chi connectivity index (χ1v) is 12.6. The van der Waals surface area contributed by atoms with Gasteiger partial charge in [-0.05, 0) is 58.4 Å². The van der Waals surface area contributed by atoms with E-state index in [1.165, 1.54) is 0 Å². The number of aromatic nitrogens is 1. The maximum atomic E-state index is 13.8. The molecule has 38 heavy (non-hydrogen) atoms. The Labute approximate surface area is 224 Å². The second-order valence-electron chi connectivity index (χ2n) is 11.5. The van der Waals surface area contributed by atoms with E-state index < -0.39 is 0 Å². The predicted octanol–water partition coefficient (Wildman–Crippen LogP) is 7.47. The van der Waals surface area contributed by atoms with Gasteiger partial charge in [0.15, 0.2) is 11.5 Å². The van der Waals surface area contributed by atoms with Gasteiger partial charge in [-0.1, -0.05) is 59.7 Å². The van der Waals surface area contributed by atoms with Crippen LogP contribution in [0.2, 0.25) is 0 Å². The van der Waals surface area contributed by atoms with Crippen molar-refractivity contribution in [2.24, 2.45) is 0 Å². The molecule has 0 radical (unpaired) electrons. The van der Waals surface area contributed by atoms with Crippen LogP contribution < -0.4 is 14.8 Å². The summed E-state index contributed by atoms with van der Waals surface area (Å²) in [7, 11) is 3.17. The van der Waals surface area contributed by atoms with Crippen LogP contribution in [0, 0.1) is 0 Å². The van der Waals surface area contributed by atoms with Gasteiger partial charge in [-0.3, -0.25) is 4.79 Å². The Morgan fingerprint density at radius 2 is 1.47 bits per heavy atom. The van der Waals surface area contributed by atoms with Crippen molar-refractivity contribution in [3.05, 3.63) is 77.4 Å². The van der Waals surface area contributed by atoms with Gasteiger partial charge in [0.25, 0.3) is 5.91 Å². The molecule has 0 aliphatic heterocycles. The zero-order valence-corrected chi connectivity index (χ0v) is 23.4. The first-order valence-electron chi connectivity index (χ1n) is 12.6. The highest BCUT2D eigenvalue weighted by atomic mass is 16.5. The van der Waals surface area contributed by atoms with Crippen LogP contribution in [0.4, 0.5) is 5.69 Å². The topological polar surface area (TPSA) is 80.7 Å². The third-order valence-corrected chi connectivity index (χ3v) is 6.64. The summed E-state index contributed by atoms with van der Waals surface area (Å²) in [5.41, 5.74) is 4.48. The van der Waals surface area contributed by atoms with Crippen molar-refractivity contribution < 1.29 is 19.4 Å². The molecule has 1 amide bonds. The molecule has 6 nitrogen and oxygen atoms in total. The largest absolute Gasteiger partial charge is 0.508 e. The number of aromatic hydroxyl groups is 1. The highest BCUT2D eigenvalue weighted by molar-refractivity contribution is 6.13. The van der Waals surface area contributed by atoms with Crippen molar-refractivity contribution in [1.82, 2.24) is 4.98 Å². The normalized spacial score (nSPS) is 11.9. The molecular formula is C32H36N2O4. The maximum Gasteiger partial charge on any atom is 0.256 e. The van der Waals surface area contributed by atoms with E-state index in [2.05, 4.69) is 46.9 Å². The molecule has 198 valence electrons. The van der Waals surface area contributed by atoms with Crippen LogP contribution in [0.25, 0.3) is 22.2 Å². The van der Waals surface area contributed by atoms with Crippen molar-refractivity contribution in [3.8, 4) is 28.5 Å². The molecule has 0 saturated heterocycles. The third-order valence-electron chi connectivity index (χ3n) is 6.64. The number of rotatable bonds is 5. The quantitative estimate of drug-likeness (QED) is 0.290. The predicted molar refractivity (Wildman–Crippen MR) is 154 cm³/mol. The molecule has 0 fully saturated rings. The van der Waals surface area contributed by atoms with E-state index in [0.29, 0.717) is 34.0 Å². The molecule has 4 aromatic rings. The number of nitrogens with zero attached hydrogens (tertiary/aromatic N) is 1. The van der Waals surface area contributed by atoms with E-state index in [0.717, 1.165) is 22.1 Å². The lowest BCUT2D eigenvalue weighted by Gasteiger charge is -2.28. The number of amides is 1. The number of carbonyl (C=O) groups is 1. The molecule has 0 spiro atoms. The van der Waals surface area contributed by atoms with Crippen molar-refractivity contribution >= 4 is 22.5 Å². The number of para-hydroxylation sites is 1. The monoisotopic (exact) mass is 512 g/mol. The van der Waals surface area contributed by atoms with Gasteiger partial charge in [-0.15, -0.1) is 0 Å². The van der Waals surface area contributed by atoms with Crippen LogP contribution in [-0.4, -0.2) is 30.2 Å². The Morgan fingerprint density at radius 3 is 2.11 bits per heavy atom. The molecule has 3 aromatic carbocycles. The fourth-order valence-electron chi connectivity index (χ4n) is 4.61. The Balaban J connectivity index is 1.84. The van der Waals surface area contributed by atoms with Gasteiger partial charge in [0, 0.05) is 22.7 Å². The van der Waals surface area contributed by atoms with Gasteiger partial charge in [-0.25, -0.2) is 4.98 Å². The number of phenolic OH excluding ortho intramolecular Hbond substituents is 1. The summed E-state index contributed by atoms with van der Waals surface area (Å²) in [6.07, 6.45) is 0. The van der Waals surface area contributed by atoms with Crippen LogP contribution in [0.1, 0.15) is 63.0 Å². The van der Waals surface area contributed by atoms with Gasteiger partial charge in [0.1, 0.15) is 5.75 Å². The molecular weight excluding hydrogens is 476 g/mol. The van der Waals surface area contributed by atoms with E-state index in [-0.39, 0.29) is 22.5 Å². The van der Waals surface area contributed by atoms with Gasteiger partial charge >= 0.3 is 0 Å². The lowest BCUT2D eigenvalue weighted by atomic mass is 9.79. The number of benzene rings is 3. The summed E-state index contributed by atoms with van der Waals surface area (Å²) in [6.45, 7) is 12.5. The van der Waals surface area contributed by atoms with Crippen molar-refractivity contribution in [1.29, 1.82) is 0 Å². The maximum absolute atomic E-state index is 13.8. The Kier molecular flexibility index (Phi) is 7.11. The Bertz CT molecular complexity index is 1510. The van der Waals surface area contributed by atoms with E-state index in [4.69, 9.17) is 14.5 Å². The van der Waals surface area contributed by atoms with E-state index in [9.17, 15) is 9.90 Å². The molecule has 2 N–H and O–H groups in total. The number of hydrogen-bond donors (Lipinski definition) is 2. The Morgan fingerprint density at radius 1 is 0.816 bits per heavy atom. The molecule has 1 heterocycles. The molecule has 0 bridgehead atoms. The number of pyridine rings is 1. The highest BCUT2D eigenvalue weighted by Gasteiger charge is 2.27. The molecule has 0 saturated carbocycles. The van der Waals surface area contributed by atoms with Crippen molar-refractivity contribution in [2.75, 3.05) is 19.5 Å². The van der Waals surface area contributed by atoms with Crippen LogP contribution >= 0.6 is 0 Å². The third kappa shape index (κ3) is 5.30. The minimum absolute atomic E-state index is 0.159. The molecule has 0 atom stereocenters. The minimum atomic E-state index is -0.279. The first-order chi connectivity index (χ1) is 17.8. The van der Waals surface area contributed by atoms with Gasteiger partial charge in [0.05, 0.1) is 31.0 Å². The number of anilines is 1. The second-order valence-corrected chi connectivity index (χ2v) is 11.5.